The van der Waals surface area contributed by atoms with Gasteiger partial charge in [-0.05, 0) is 25.0 Å². The topological polar surface area (TPSA) is 70.8 Å². The zero-order valence-electron chi connectivity index (χ0n) is 10.9. The third kappa shape index (κ3) is 2.32. The molecule has 1 saturated carbocycles. The molecule has 2 aromatic rings. The van der Waals surface area contributed by atoms with Crippen molar-refractivity contribution in [2.45, 2.75) is 18.9 Å². The number of aliphatic hydroxyl groups excluding tert-OH is 1. The second-order valence-corrected chi connectivity index (χ2v) is 4.92. The number of hydrogen-bond donors (Lipinski definition) is 1. The molecule has 0 spiro atoms. The summed E-state index contributed by atoms with van der Waals surface area (Å²) in [6.45, 7) is 0.167. The van der Waals surface area contributed by atoms with Crippen LogP contribution in [0.2, 0.25) is 0 Å². The van der Waals surface area contributed by atoms with E-state index < -0.39 is 0 Å². The van der Waals surface area contributed by atoms with Gasteiger partial charge in [-0.2, -0.15) is 0 Å². The van der Waals surface area contributed by atoms with Gasteiger partial charge in [0, 0.05) is 18.7 Å². The van der Waals surface area contributed by atoms with Gasteiger partial charge in [-0.1, -0.05) is 12.1 Å². The second kappa shape index (κ2) is 5.09. The Balaban J connectivity index is 2.00. The van der Waals surface area contributed by atoms with Gasteiger partial charge < -0.3 is 14.4 Å². The van der Waals surface area contributed by atoms with E-state index in [2.05, 4.69) is 0 Å². The molecule has 5 nitrogen and oxygen atoms in total. The Morgan fingerprint density at radius 2 is 2.10 bits per heavy atom. The standard InChI is InChI=1S/C15H15NO4/c17-8-7-16(10-5-6-10)15(19)14-9-12(18)11-3-1-2-4-13(11)20-14/h1-4,9-10,17H,5-8H2. The van der Waals surface area contributed by atoms with Gasteiger partial charge in [0.15, 0.2) is 11.2 Å². The molecule has 1 amide bonds. The number of fused-ring (bicyclic) bond motifs is 1. The Morgan fingerprint density at radius 3 is 2.80 bits per heavy atom. The summed E-state index contributed by atoms with van der Waals surface area (Å²) in [5.41, 5.74) is 0.179. The maximum atomic E-state index is 12.4. The molecule has 0 saturated heterocycles. The summed E-state index contributed by atoms with van der Waals surface area (Å²) in [6, 6.07) is 8.24. The maximum absolute atomic E-state index is 12.4. The zero-order valence-corrected chi connectivity index (χ0v) is 10.9. The van der Waals surface area contributed by atoms with Crippen LogP contribution in [0.25, 0.3) is 11.0 Å². The number of carbonyl (C=O) groups excluding carboxylic acids is 1. The first-order chi connectivity index (χ1) is 9.70. The van der Waals surface area contributed by atoms with Gasteiger partial charge in [0.05, 0.1) is 12.0 Å². The van der Waals surface area contributed by atoms with Crippen LogP contribution in [0.1, 0.15) is 23.4 Å². The largest absolute Gasteiger partial charge is 0.451 e. The molecule has 1 aromatic heterocycles. The second-order valence-electron chi connectivity index (χ2n) is 4.92. The molecule has 0 aliphatic heterocycles. The van der Waals surface area contributed by atoms with Crippen molar-refractivity contribution >= 4 is 16.9 Å². The number of hydrogen-bond acceptors (Lipinski definition) is 4. The molecule has 5 heteroatoms. The van der Waals surface area contributed by atoms with Crippen molar-refractivity contribution in [3.05, 3.63) is 46.3 Å². The van der Waals surface area contributed by atoms with Gasteiger partial charge in [-0.3, -0.25) is 9.59 Å². The highest BCUT2D eigenvalue weighted by atomic mass is 16.3. The molecule has 1 aliphatic rings. The normalized spacial score (nSPS) is 14.4. The Hall–Kier alpha value is -2.14. The summed E-state index contributed by atoms with van der Waals surface area (Å²) in [4.78, 5) is 26.0. The Bertz CT molecular complexity index is 702. The summed E-state index contributed by atoms with van der Waals surface area (Å²) < 4.78 is 5.54. The van der Waals surface area contributed by atoms with E-state index in [1.54, 1.807) is 29.2 Å². The zero-order chi connectivity index (χ0) is 14.1. The average molecular weight is 273 g/mol. The van der Waals surface area contributed by atoms with Crippen LogP contribution in [-0.4, -0.2) is 35.1 Å². The van der Waals surface area contributed by atoms with E-state index in [0.29, 0.717) is 11.0 Å². The number of rotatable bonds is 4. The molecule has 3 rings (SSSR count). The van der Waals surface area contributed by atoms with Crippen molar-refractivity contribution in [2.75, 3.05) is 13.2 Å². The number of carbonyl (C=O) groups is 1. The summed E-state index contributed by atoms with van der Waals surface area (Å²) in [6.07, 6.45) is 1.87. The Kier molecular flexibility index (Phi) is 3.28. The molecule has 1 N–H and O–H groups in total. The smallest absolute Gasteiger partial charge is 0.290 e. The molecule has 1 fully saturated rings. The number of aliphatic hydroxyl groups is 1. The maximum Gasteiger partial charge on any atom is 0.290 e. The SMILES string of the molecule is O=C(c1cc(=O)c2ccccc2o1)N(CCO)C1CC1. The van der Waals surface area contributed by atoms with Crippen molar-refractivity contribution < 1.29 is 14.3 Å². The fourth-order valence-electron chi connectivity index (χ4n) is 2.29. The number of amides is 1. The van der Waals surface area contributed by atoms with Crippen LogP contribution in [-0.2, 0) is 0 Å². The van der Waals surface area contributed by atoms with Crippen molar-refractivity contribution in [3.63, 3.8) is 0 Å². The molecule has 1 heterocycles. The van der Waals surface area contributed by atoms with Crippen LogP contribution in [0.5, 0.6) is 0 Å². The number of nitrogens with zero attached hydrogens (tertiary/aromatic N) is 1. The van der Waals surface area contributed by atoms with Crippen LogP contribution < -0.4 is 5.43 Å². The third-order valence-corrected chi connectivity index (χ3v) is 3.43. The number of benzene rings is 1. The molecule has 20 heavy (non-hydrogen) atoms. The highest BCUT2D eigenvalue weighted by Crippen LogP contribution is 2.28. The van der Waals surface area contributed by atoms with Crippen molar-refractivity contribution in [3.8, 4) is 0 Å². The van der Waals surface area contributed by atoms with E-state index in [9.17, 15) is 9.59 Å². The third-order valence-electron chi connectivity index (χ3n) is 3.43. The van der Waals surface area contributed by atoms with E-state index in [0.717, 1.165) is 12.8 Å². The predicted octanol–water partition coefficient (Wildman–Crippen LogP) is 1.39. The quantitative estimate of drug-likeness (QED) is 0.913. The summed E-state index contributed by atoms with van der Waals surface area (Å²) >= 11 is 0. The lowest BCUT2D eigenvalue weighted by Gasteiger charge is -2.20. The molecule has 1 aromatic carbocycles. The van der Waals surface area contributed by atoms with Gasteiger partial charge in [-0.25, -0.2) is 0 Å². The molecule has 0 unspecified atom stereocenters. The minimum atomic E-state index is -0.329. The number of para-hydroxylation sites is 1. The molecular weight excluding hydrogens is 258 g/mol. The summed E-state index contributed by atoms with van der Waals surface area (Å²) in [5, 5.41) is 9.51. The first-order valence-electron chi connectivity index (χ1n) is 6.65. The minimum absolute atomic E-state index is 0.0362. The summed E-state index contributed by atoms with van der Waals surface area (Å²) in [7, 11) is 0. The van der Waals surface area contributed by atoms with E-state index >= 15 is 0 Å². The lowest BCUT2D eigenvalue weighted by Crippen LogP contribution is -2.35. The van der Waals surface area contributed by atoms with E-state index in [1.807, 2.05) is 0 Å². The molecule has 0 atom stereocenters. The minimum Gasteiger partial charge on any atom is -0.451 e. The van der Waals surface area contributed by atoms with Crippen LogP contribution in [0.3, 0.4) is 0 Å². The van der Waals surface area contributed by atoms with Gasteiger partial charge in [0.2, 0.25) is 0 Å². The van der Waals surface area contributed by atoms with Crippen molar-refractivity contribution in [1.29, 1.82) is 0 Å². The van der Waals surface area contributed by atoms with Gasteiger partial charge in [0.1, 0.15) is 5.58 Å². The van der Waals surface area contributed by atoms with Gasteiger partial charge in [-0.15, -0.1) is 0 Å². The monoisotopic (exact) mass is 273 g/mol. The van der Waals surface area contributed by atoms with E-state index in [1.165, 1.54) is 6.07 Å². The summed E-state index contributed by atoms with van der Waals surface area (Å²) in [5.74, 6) is -0.293. The van der Waals surface area contributed by atoms with Gasteiger partial charge >= 0.3 is 0 Å². The molecule has 0 radical (unpaired) electrons. The molecule has 104 valence electrons. The van der Waals surface area contributed by atoms with Crippen LogP contribution >= 0.6 is 0 Å². The fourth-order valence-corrected chi connectivity index (χ4v) is 2.29. The predicted molar refractivity (Wildman–Crippen MR) is 73.6 cm³/mol. The molecule has 1 aliphatic carbocycles. The first kappa shape index (κ1) is 12.9. The highest BCUT2D eigenvalue weighted by molar-refractivity contribution is 5.93. The van der Waals surface area contributed by atoms with Crippen LogP contribution in [0.15, 0.2) is 39.5 Å². The lowest BCUT2D eigenvalue weighted by molar-refractivity contribution is 0.0676. The fraction of sp³-hybridized carbons (Fsp3) is 0.333. The van der Waals surface area contributed by atoms with Crippen molar-refractivity contribution in [2.24, 2.45) is 0 Å². The highest BCUT2D eigenvalue weighted by Gasteiger charge is 2.33. The van der Waals surface area contributed by atoms with E-state index in [-0.39, 0.29) is 36.3 Å². The van der Waals surface area contributed by atoms with Crippen molar-refractivity contribution in [1.82, 2.24) is 4.90 Å². The Labute approximate surface area is 115 Å². The lowest BCUT2D eigenvalue weighted by atomic mass is 10.2. The Morgan fingerprint density at radius 1 is 1.35 bits per heavy atom. The van der Waals surface area contributed by atoms with E-state index in [4.69, 9.17) is 9.52 Å². The molecular formula is C15H15NO4. The van der Waals surface area contributed by atoms with Gasteiger partial charge in [0.25, 0.3) is 5.91 Å². The van der Waals surface area contributed by atoms with Crippen LogP contribution in [0.4, 0.5) is 0 Å². The average Bonchev–Trinajstić information content (AvgIpc) is 3.28. The molecule has 0 bridgehead atoms. The first-order valence-corrected chi connectivity index (χ1v) is 6.65. The van der Waals surface area contributed by atoms with Crippen LogP contribution in [0, 0.1) is 0 Å².